The molecular weight excluding hydrogens is 306 g/mol. The highest BCUT2D eigenvalue weighted by Gasteiger charge is 2.12. The van der Waals surface area contributed by atoms with Crippen molar-refractivity contribution in [1.29, 1.82) is 0 Å². The van der Waals surface area contributed by atoms with E-state index in [1.54, 1.807) is 17.7 Å². The summed E-state index contributed by atoms with van der Waals surface area (Å²) in [4.78, 5) is 9.68. The van der Waals surface area contributed by atoms with Crippen LogP contribution in [0.15, 0.2) is 42.0 Å². The molecular formula is C18H21N3OS. The van der Waals surface area contributed by atoms with E-state index in [0.29, 0.717) is 0 Å². The molecule has 0 aliphatic carbocycles. The van der Waals surface area contributed by atoms with Gasteiger partial charge in [0.1, 0.15) is 22.7 Å². The molecule has 0 aliphatic rings. The van der Waals surface area contributed by atoms with Gasteiger partial charge in [0.2, 0.25) is 0 Å². The Bertz CT molecular complexity index is 785. The molecule has 5 heteroatoms. The molecule has 0 saturated heterocycles. The molecule has 0 fully saturated rings. The SMILES string of the molecule is CC(Cc1ccccc1OC(C)C)Nc1ncnc2sccc12. The largest absolute Gasteiger partial charge is 0.491 e. The molecule has 0 aliphatic heterocycles. The van der Waals surface area contributed by atoms with E-state index < -0.39 is 0 Å². The van der Waals surface area contributed by atoms with Gasteiger partial charge in [-0.2, -0.15) is 0 Å². The van der Waals surface area contributed by atoms with Gasteiger partial charge in [-0.15, -0.1) is 11.3 Å². The smallest absolute Gasteiger partial charge is 0.138 e. The summed E-state index contributed by atoms with van der Waals surface area (Å²) in [7, 11) is 0. The minimum absolute atomic E-state index is 0.173. The Morgan fingerprint density at radius 3 is 2.78 bits per heavy atom. The third-order valence-corrected chi connectivity index (χ3v) is 4.33. The minimum atomic E-state index is 0.173. The van der Waals surface area contributed by atoms with Crippen LogP contribution in [0.25, 0.3) is 10.2 Å². The first-order chi connectivity index (χ1) is 11.1. The Kier molecular flexibility index (Phi) is 4.76. The molecule has 4 nitrogen and oxygen atoms in total. The highest BCUT2D eigenvalue weighted by atomic mass is 32.1. The van der Waals surface area contributed by atoms with Crippen LogP contribution in [0.4, 0.5) is 5.82 Å². The lowest BCUT2D eigenvalue weighted by atomic mass is 10.1. The van der Waals surface area contributed by atoms with Crippen LogP contribution < -0.4 is 10.1 Å². The molecule has 1 atom stereocenters. The number of fused-ring (bicyclic) bond motifs is 1. The van der Waals surface area contributed by atoms with Crippen LogP contribution in [0.1, 0.15) is 26.3 Å². The maximum Gasteiger partial charge on any atom is 0.138 e. The lowest BCUT2D eigenvalue weighted by Crippen LogP contribution is -2.20. The van der Waals surface area contributed by atoms with E-state index in [1.807, 2.05) is 31.4 Å². The number of benzene rings is 1. The van der Waals surface area contributed by atoms with Crippen LogP contribution in [0.5, 0.6) is 5.75 Å². The number of anilines is 1. The molecule has 23 heavy (non-hydrogen) atoms. The van der Waals surface area contributed by atoms with Crippen molar-refractivity contribution in [1.82, 2.24) is 9.97 Å². The average molecular weight is 327 g/mol. The van der Waals surface area contributed by atoms with Crippen molar-refractivity contribution in [3.63, 3.8) is 0 Å². The van der Waals surface area contributed by atoms with E-state index in [2.05, 4.69) is 40.4 Å². The molecule has 120 valence electrons. The minimum Gasteiger partial charge on any atom is -0.491 e. The number of nitrogens with one attached hydrogen (secondary N) is 1. The second-order valence-electron chi connectivity index (χ2n) is 5.89. The van der Waals surface area contributed by atoms with Gasteiger partial charge in [0, 0.05) is 6.04 Å². The van der Waals surface area contributed by atoms with Crippen LogP contribution in [0, 0.1) is 0 Å². The highest BCUT2D eigenvalue weighted by Crippen LogP contribution is 2.26. The Morgan fingerprint density at radius 2 is 1.96 bits per heavy atom. The monoisotopic (exact) mass is 327 g/mol. The van der Waals surface area contributed by atoms with Crippen LogP contribution >= 0.6 is 11.3 Å². The van der Waals surface area contributed by atoms with Gasteiger partial charge in [-0.05, 0) is 50.3 Å². The number of ether oxygens (including phenoxy) is 1. The second kappa shape index (κ2) is 6.96. The summed E-state index contributed by atoms with van der Waals surface area (Å²) in [6.07, 6.45) is 2.66. The van der Waals surface area contributed by atoms with Gasteiger partial charge < -0.3 is 10.1 Å². The van der Waals surface area contributed by atoms with Gasteiger partial charge in [-0.25, -0.2) is 9.97 Å². The van der Waals surface area contributed by atoms with Crippen molar-refractivity contribution >= 4 is 27.4 Å². The van der Waals surface area contributed by atoms with Gasteiger partial charge in [0.25, 0.3) is 0 Å². The van der Waals surface area contributed by atoms with Crippen LogP contribution in [-0.2, 0) is 6.42 Å². The predicted molar refractivity (Wildman–Crippen MR) is 96.4 cm³/mol. The summed E-state index contributed by atoms with van der Waals surface area (Å²) < 4.78 is 5.90. The summed E-state index contributed by atoms with van der Waals surface area (Å²) in [6, 6.07) is 10.5. The van der Waals surface area contributed by atoms with E-state index >= 15 is 0 Å². The fraction of sp³-hybridized carbons (Fsp3) is 0.333. The Balaban J connectivity index is 1.75. The van der Waals surface area contributed by atoms with E-state index in [-0.39, 0.29) is 12.1 Å². The molecule has 2 heterocycles. The first-order valence-corrected chi connectivity index (χ1v) is 8.70. The third-order valence-electron chi connectivity index (χ3n) is 3.51. The standard InChI is InChI=1S/C18H21N3OS/c1-12(2)22-16-7-5-4-6-14(16)10-13(3)21-17-15-8-9-23-18(15)20-11-19-17/h4-9,11-13H,10H2,1-3H3,(H,19,20,21). The van der Waals surface area contributed by atoms with Crippen LogP contribution in [0.3, 0.4) is 0 Å². The first-order valence-electron chi connectivity index (χ1n) is 7.83. The van der Waals surface area contributed by atoms with Crippen molar-refractivity contribution in [3.8, 4) is 5.75 Å². The predicted octanol–water partition coefficient (Wildman–Crippen LogP) is 4.52. The highest BCUT2D eigenvalue weighted by molar-refractivity contribution is 7.16. The molecule has 3 aromatic rings. The van der Waals surface area contributed by atoms with Crippen molar-refractivity contribution < 1.29 is 4.74 Å². The van der Waals surface area contributed by atoms with E-state index in [1.165, 1.54) is 5.56 Å². The van der Waals surface area contributed by atoms with E-state index in [0.717, 1.165) is 28.2 Å². The van der Waals surface area contributed by atoms with Crippen molar-refractivity contribution in [2.75, 3.05) is 5.32 Å². The van der Waals surface area contributed by atoms with Crippen molar-refractivity contribution in [2.24, 2.45) is 0 Å². The fourth-order valence-electron chi connectivity index (χ4n) is 2.56. The number of nitrogens with zero attached hydrogens (tertiary/aromatic N) is 2. The number of aromatic nitrogens is 2. The van der Waals surface area contributed by atoms with E-state index in [9.17, 15) is 0 Å². The lowest BCUT2D eigenvalue weighted by Gasteiger charge is -2.18. The summed E-state index contributed by atoms with van der Waals surface area (Å²) in [5, 5.41) is 6.62. The van der Waals surface area contributed by atoms with Gasteiger partial charge in [0.05, 0.1) is 11.5 Å². The van der Waals surface area contributed by atoms with Crippen molar-refractivity contribution in [3.05, 3.63) is 47.6 Å². The summed E-state index contributed by atoms with van der Waals surface area (Å²) in [5.41, 5.74) is 1.21. The maximum atomic E-state index is 5.90. The number of hydrogen-bond acceptors (Lipinski definition) is 5. The van der Waals surface area contributed by atoms with Gasteiger partial charge in [-0.1, -0.05) is 18.2 Å². The van der Waals surface area contributed by atoms with Gasteiger partial charge in [-0.3, -0.25) is 0 Å². The fourth-order valence-corrected chi connectivity index (χ4v) is 3.29. The third kappa shape index (κ3) is 3.79. The Hall–Kier alpha value is -2.14. The van der Waals surface area contributed by atoms with Crippen LogP contribution in [0.2, 0.25) is 0 Å². The quantitative estimate of drug-likeness (QED) is 0.723. The summed E-state index contributed by atoms with van der Waals surface area (Å²) in [6.45, 7) is 6.26. The molecule has 3 rings (SSSR count). The first kappa shape index (κ1) is 15.7. The second-order valence-corrected chi connectivity index (χ2v) is 6.78. The summed E-state index contributed by atoms with van der Waals surface area (Å²) >= 11 is 1.63. The Morgan fingerprint density at radius 1 is 1.13 bits per heavy atom. The van der Waals surface area contributed by atoms with Gasteiger partial charge in [0.15, 0.2) is 0 Å². The Labute approximate surface area is 140 Å². The van der Waals surface area contributed by atoms with E-state index in [4.69, 9.17) is 4.74 Å². The normalized spacial score (nSPS) is 12.5. The number of hydrogen-bond donors (Lipinski definition) is 1. The number of para-hydroxylation sites is 1. The molecule has 1 unspecified atom stereocenters. The molecule has 2 aromatic heterocycles. The molecule has 0 bridgehead atoms. The van der Waals surface area contributed by atoms with Crippen molar-refractivity contribution in [2.45, 2.75) is 39.3 Å². The summed E-state index contributed by atoms with van der Waals surface area (Å²) in [5.74, 6) is 1.85. The van der Waals surface area contributed by atoms with Crippen LogP contribution in [-0.4, -0.2) is 22.1 Å². The topological polar surface area (TPSA) is 47.0 Å². The lowest BCUT2D eigenvalue weighted by molar-refractivity contribution is 0.239. The molecule has 0 saturated carbocycles. The zero-order chi connectivity index (χ0) is 16.2. The number of rotatable bonds is 6. The van der Waals surface area contributed by atoms with Gasteiger partial charge >= 0.3 is 0 Å². The maximum absolute atomic E-state index is 5.90. The molecule has 0 amide bonds. The molecule has 0 spiro atoms. The average Bonchev–Trinajstić information content (AvgIpc) is 2.98. The molecule has 1 aromatic carbocycles. The number of thiophene rings is 1. The zero-order valence-corrected chi connectivity index (χ0v) is 14.4. The zero-order valence-electron chi connectivity index (χ0n) is 13.6. The molecule has 1 N–H and O–H groups in total. The molecule has 0 radical (unpaired) electrons.